The molecule has 0 radical (unpaired) electrons. The Morgan fingerprint density at radius 1 is 1.21 bits per heavy atom. The van der Waals surface area contributed by atoms with Crippen LogP contribution >= 0.6 is 11.3 Å². The van der Waals surface area contributed by atoms with Gasteiger partial charge >= 0.3 is 4.87 Å². The van der Waals surface area contributed by atoms with Crippen LogP contribution in [0, 0.1) is 6.92 Å². The molecule has 3 heterocycles. The summed E-state index contributed by atoms with van der Waals surface area (Å²) >= 11 is 1.000. The fourth-order valence-electron chi connectivity index (χ4n) is 5.40. The summed E-state index contributed by atoms with van der Waals surface area (Å²) < 4.78 is 11.1. The highest BCUT2D eigenvalue weighted by molar-refractivity contribution is 7.08. The molecule has 2 amide bonds. The molecule has 39 heavy (non-hydrogen) atoms. The number of nitrogens with zero attached hydrogens (tertiary/aromatic N) is 3. The van der Waals surface area contributed by atoms with Gasteiger partial charge in [0, 0.05) is 43.2 Å². The maximum atomic E-state index is 13.2. The molecule has 0 bridgehead atoms. The number of aryl methyl sites for hydroxylation is 2. The van der Waals surface area contributed by atoms with E-state index >= 15 is 0 Å². The summed E-state index contributed by atoms with van der Waals surface area (Å²) in [4.78, 5) is 43.5. The summed E-state index contributed by atoms with van der Waals surface area (Å²) in [5.74, 6) is 0.0302. The number of hydrogen-bond acceptors (Lipinski definition) is 8. The first-order valence-electron chi connectivity index (χ1n) is 13.3. The van der Waals surface area contributed by atoms with E-state index in [2.05, 4.69) is 21.6 Å². The van der Waals surface area contributed by atoms with Crippen molar-refractivity contribution in [2.75, 3.05) is 26.8 Å². The van der Waals surface area contributed by atoms with Crippen molar-refractivity contribution in [2.45, 2.75) is 57.6 Å². The number of rotatable bonds is 8. The molecule has 5 rings (SSSR count). The summed E-state index contributed by atoms with van der Waals surface area (Å²) in [5, 5.41) is 10.2. The molecular formula is C28H33N5O5S. The quantitative estimate of drug-likeness (QED) is 0.441. The first-order valence-corrected chi connectivity index (χ1v) is 14.1. The molecule has 1 saturated heterocycles. The molecule has 10 nitrogen and oxygen atoms in total. The van der Waals surface area contributed by atoms with E-state index in [0.717, 1.165) is 29.9 Å². The molecule has 11 heteroatoms. The van der Waals surface area contributed by atoms with E-state index in [0.29, 0.717) is 42.4 Å². The molecule has 1 aliphatic carbocycles. The van der Waals surface area contributed by atoms with Crippen LogP contribution in [0.25, 0.3) is 0 Å². The minimum Gasteiger partial charge on any atom is -0.489 e. The van der Waals surface area contributed by atoms with Crippen LogP contribution in [0.2, 0.25) is 0 Å². The Labute approximate surface area is 230 Å². The third-order valence-electron chi connectivity index (χ3n) is 7.35. The smallest absolute Gasteiger partial charge is 0.322 e. The molecule has 0 spiro atoms. The summed E-state index contributed by atoms with van der Waals surface area (Å²) in [6, 6.07) is 8.93. The Hall–Kier alpha value is -3.57. The van der Waals surface area contributed by atoms with Gasteiger partial charge < -0.3 is 19.7 Å². The number of benzene rings is 1. The SMILES string of the molecule is COCC(=O)N1CC[C@@H](NC(=O)c2ccc(OCc3cc(C)nc4c3CCCC4)cc2)[C@@H](c2n[nH]c(=O)s2)C1. The van der Waals surface area contributed by atoms with Crippen molar-refractivity contribution in [1.82, 2.24) is 25.4 Å². The first-order chi connectivity index (χ1) is 18.9. The van der Waals surface area contributed by atoms with Crippen molar-refractivity contribution in [3.63, 3.8) is 0 Å². The van der Waals surface area contributed by atoms with Crippen molar-refractivity contribution in [3.8, 4) is 5.75 Å². The maximum absolute atomic E-state index is 13.2. The van der Waals surface area contributed by atoms with Crippen molar-refractivity contribution in [3.05, 3.63) is 73.1 Å². The Morgan fingerprint density at radius 2 is 2.00 bits per heavy atom. The van der Waals surface area contributed by atoms with Crippen LogP contribution in [0.15, 0.2) is 35.1 Å². The molecule has 2 N–H and O–H groups in total. The number of aromatic amines is 1. The average molecular weight is 552 g/mol. The topological polar surface area (TPSA) is 127 Å². The predicted molar refractivity (Wildman–Crippen MR) is 146 cm³/mol. The highest BCUT2D eigenvalue weighted by atomic mass is 32.1. The highest BCUT2D eigenvalue weighted by Crippen LogP contribution is 2.28. The number of H-pyrrole nitrogens is 1. The lowest BCUT2D eigenvalue weighted by Gasteiger charge is -2.37. The zero-order chi connectivity index (χ0) is 27.4. The Kier molecular flexibility index (Phi) is 8.37. The van der Waals surface area contributed by atoms with Crippen LogP contribution in [0.5, 0.6) is 5.75 Å². The van der Waals surface area contributed by atoms with E-state index in [1.165, 1.54) is 36.8 Å². The second kappa shape index (κ2) is 12.1. The highest BCUT2D eigenvalue weighted by Gasteiger charge is 2.35. The summed E-state index contributed by atoms with van der Waals surface area (Å²) in [5.41, 5.74) is 5.21. The third-order valence-corrected chi connectivity index (χ3v) is 8.23. The van der Waals surface area contributed by atoms with Gasteiger partial charge in [-0.2, -0.15) is 5.10 Å². The zero-order valence-electron chi connectivity index (χ0n) is 22.2. The summed E-state index contributed by atoms with van der Waals surface area (Å²) in [6.07, 6.45) is 4.96. The van der Waals surface area contributed by atoms with Gasteiger partial charge in [-0.25, -0.2) is 5.10 Å². The van der Waals surface area contributed by atoms with Crippen LogP contribution in [-0.2, 0) is 29.0 Å². The van der Waals surface area contributed by atoms with Crippen LogP contribution in [0.4, 0.5) is 0 Å². The lowest BCUT2D eigenvalue weighted by molar-refractivity contribution is -0.136. The second-order valence-electron chi connectivity index (χ2n) is 10.1. The fourth-order valence-corrected chi connectivity index (χ4v) is 6.17. The van der Waals surface area contributed by atoms with E-state index in [9.17, 15) is 14.4 Å². The number of methoxy groups -OCH3 is 1. The largest absolute Gasteiger partial charge is 0.489 e. The molecule has 1 aromatic carbocycles. The Bertz CT molecular complexity index is 1390. The maximum Gasteiger partial charge on any atom is 0.322 e. The van der Waals surface area contributed by atoms with Crippen LogP contribution in [-0.4, -0.2) is 64.7 Å². The Morgan fingerprint density at radius 3 is 2.74 bits per heavy atom. The van der Waals surface area contributed by atoms with Crippen molar-refractivity contribution in [1.29, 1.82) is 0 Å². The van der Waals surface area contributed by atoms with Crippen molar-refractivity contribution >= 4 is 23.2 Å². The van der Waals surface area contributed by atoms with Gasteiger partial charge in [-0.15, -0.1) is 0 Å². The molecule has 0 unspecified atom stereocenters. The summed E-state index contributed by atoms with van der Waals surface area (Å²) in [7, 11) is 1.48. The van der Waals surface area contributed by atoms with Gasteiger partial charge in [-0.3, -0.25) is 19.4 Å². The van der Waals surface area contributed by atoms with Gasteiger partial charge in [0.25, 0.3) is 5.91 Å². The van der Waals surface area contributed by atoms with Gasteiger partial charge in [0.1, 0.15) is 24.0 Å². The van der Waals surface area contributed by atoms with Crippen LogP contribution in [0.3, 0.4) is 0 Å². The van der Waals surface area contributed by atoms with E-state index in [4.69, 9.17) is 14.5 Å². The van der Waals surface area contributed by atoms with Crippen molar-refractivity contribution in [2.24, 2.45) is 0 Å². The number of carbonyl (C=O) groups is 2. The van der Waals surface area contributed by atoms with Crippen LogP contribution in [0.1, 0.15) is 63.1 Å². The van der Waals surface area contributed by atoms with Crippen LogP contribution < -0.4 is 14.9 Å². The monoisotopic (exact) mass is 551 g/mol. The van der Waals surface area contributed by atoms with Gasteiger partial charge in [-0.1, -0.05) is 11.3 Å². The predicted octanol–water partition coefficient (Wildman–Crippen LogP) is 2.75. The van der Waals surface area contributed by atoms with E-state index in [1.54, 1.807) is 29.2 Å². The number of hydrogen-bond donors (Lipinski definition) is 2. The Balaban J connectivity index is 1.23. The minimum atomic E-state index is -0.301. The number of likely N-dealkylation sites (tertiary alicyclic amines) is 1. The molecule has 2 atom stereocenters. The van der Waals surface area contributed by atoms with Gasteiger partial charge in [0.05, 0.1) is 5.92 Å². The van der Waals surface area contributed by atoms with Crippen molar-refractivity contribution < 1.29 is 19.1 Å². The van der Waals surface area contributed by atoms with Gasteiger partial charge in [-0.05, 0) is 80.5 Å². The standard InChI is InChI=1S/C28H33N5O5S/c1-17-13-19(21-5-3-4-6-23(21)29-17)15-38-20-9-7-18(8-10-20)26(35)30-24-11-12-33(25(34)16-37-2)14-22(24)27-31-32-28(36)39-27/h7-10,13,22,24H,3-6,11-12,14-16H2,1-2H3,(H,30,35)(H,32,36)/t22-,24+/m0/s1. The van der Waals surface area contributed by atoms with Gasteiger partial charge in [0.15, 0.2) is 0 Å². The number of carbonyl (C=O) groups excluding carboxylic acids is 2. The fraction of sp³-hybridized carbons (Fsp3) is 0.464. The average Bonchev–Trinajstić information content (AvgIpc) is 3.38. The molecule has 1 fully saturated rings. The number of nitrogens with one attached hydrogen (secondary N) is 2. The van der Waals surface area contributed by atoms with E-state index in [-0.39, 0.29) is 35.3 Å². The number of amides is 2. The summed E-state index contributed by atoms with van der Waals surface area (Å²) in [6.45, 7) is 3.29. The van der Waals surface area contributed by atoms with E-state index < -0.39 is 0 Å². The number of fused-ring (bicyclic) bond motifs is 1. The minimum absolute atomic E-state index is 0.0157. The number of ether oxygens (including phenoxy) is 2. The molecule has 0 saturated carbocycles. The number of aromatic nitrogens is 3. The van der Waals surface area contributed by atoms with Gasteiger partial charge in [0.2, 0.25) is 5.91 Å². The molecular weight excluding hydrogens is 518 g/mol. The van der Waals surface area contributed by atoms with E-state index in [1.807, 2.05) is 6.92 Å². The number of piperidine rings is 1. The zero-order valence-corrected chi connectivity index (χ0v) is 23.0. The number of pyridine rings is 1. The second-order valence-corrected chi connectivity index (χ2v) is 11.1. The lowest BCUT2D eigenvalue weighted by Crippen LogP contribution is -2.52. The first kappa shape index (κ1) is 27.0. The molecule has 1 aliphatic heterocycles. The lowest BCUT2D eigenvalue weighted by atomic mass is 9.92. The molecule has 206 valence electrons. The normalized spacial score (nSPS) is 18.9. The third kappa shape index (κ3) is 6.36. The molecule has 2 aromatic heterocycles. The molecule has 3 aromatic rings. The molecule has 2 aliphatic rings.